The third kappa shape index (κ3) is 3.21. The number of hydrogen-bond donors (Lipinski definition) is 0. The van der Waals surface area contributed by atoms with Crippen LogP contribution in [0.4, 0.5) is 4.79 Å². The van der Waals surface area contributed by atoms with E-state index in [2.05, 4.69) is 5.10 Å². The van der Waals surface area contributed by atoms with Gasteiger partial charge < -0.3 is 9.47 Å². The Morgan fingerprint density at radius 1 is 1.38 bits per heavy atom. The molecule has 1 aromatic carbocycles. The van der Waals surface area contributed by atoms with Crippen LogP contribution in [-0.2, 0) is 4.74 Å². The summed E-state index contributed by atoms with van der Waals surface area (Å²) >= 11 is 0. The van der Waals surface area contributed by atoms with Crippen molar-refractivity contribution < 1.29 is 19.1 Å². The minimum absolute atomic E-state index is 0.178. The van der Waals surface area contributed by atoms with Gasteiger partial charge in [-0.1, -0.05) is 0 Å². The number of aromatic nitrogens is 2. The average Bonchev–Trinajstić information content (AvgIpc) is 2.75. The Hall–Kier alpha value is -2.37. The van der Waals surface area contributed by atoms with Crippen molar-refractivity contribution in [1.82, 2.24) is 9.78 Å². The molecule has 0 aliphatic carbocycles. The van der Waals surface area contributed by atoms with Crippen molar-refractivity contribution in [3.8, 4) is 5.75 Å². The Bertz CT molecular complexity index is 683. The fourth-order valence-electron chi connectivity index (χ4n) is 1.91. The molecule has 0 radical (unpaired) electrons. The van der Waals surface area contributed by atoms with Gasteiger partial charge in [0.1, 0.15) is 17.0 Å². The first kappa shape index (κ1) is 15.0. The number of carbonyl (C=O) groups is 2. The largest absolute Gasteiger partial charge is 0.494 e. The van der Waals surface area contributed by atoms with Crippen molar-refractivity contribution in [2.75, 3.05) is 6.61 Å². The van der Waals surface area contributed by atoms with Crippen LogP contribution in [0.25, 0.3) is 10.9 Å². The summed E-state index contributed by atoms with van der Waals surface area (Å²) in [5, 5.41) is 4.57. The van der Waals surface area contributed by atoms with Gasteiger partial charge in [0, 0.05) is 5.39 Å². The van der Waals surface area contributed by atoms with Crippen LogP contribution in [0.3, 0.4) is 0 Å². The molecular formula is C15H18N2O4. The Morgan fingerprint density at radius 3 is 2.67 bits per heavy atom. The van der Waals surface area contributed by atoms with Crippen LogP contribution in [0.2, 0.25) is 0 Å². The second-order valence-corrected chi connectivity index (χ2v) is 5.51. The molecule has 0 bridgehead atoms. The zero-order valence-electron chi connectivity index (χ0n) is 12.5. The maximum atomic E-state index is 12.1. The summed E-state index contributed by atoms with van der Waals surface area (Å²) in [6, 6.07) is 5.10. The van der Waals surface area contributed by atoms with Crippen molar-refractivity contribution in [1.29, 1.82) is 0 Å². The number of benzene rings is 1. The molecule has 2 aromatic rings. The molecule has 0 fully saturated rings. The van der Waals surface area contributed by atoms with Gasteiger partial charge in [-0.15, -0.1) is 0 Å². The Kier molecular flexibility index (Phi) is 3.97. The second-order valence-electron chi connectivity index (χ2n) is 5.51. The van der Waals surface area contributed by atoms with Gasteiger partial charge in [0.25, 0.3) is 0 Å². The summed E-state index contributed by atoms with van der Waals surface area (Å²) in [6.45, 7) is 7.69. The first-order valence-corrected chi connectivity index (χ1v) is 6.70. The van der Waals surface area contributed by atoms with Gasteiger partial charge in [-0.05, 0) is 45.9 Å². The van der Waals surface area contributed by atoms with Gasteiger partial charge in [0.2, 0.25) is 0 Å². The van der Waals surface area contributed by atoms with Crippen LogP contribution in [0.15, 0.2) is 18.2 Å². The molecule has 0 spiro atoms. The van der Waals surface area contributed by atoms with Crippen LogP contribution in [0.5, 0.6) is 5.75 Å². The van der Waals surface area contributed by atoms with Crippen molar-refractivity contribution in [3.05, 3.63) is 23.9 Å². The lowest BCUT2D eigenvalue weighted by Crippen LogP contribution is -2.27. The first-order chi connectivity index (χ1) is 9.85. The SMILES string of the molecule is CCOc1ccc2c(c1)c(C=O)nn2C(=O)OC(C)(C)C. The molecule has 0 saturated carbocycles. The zero-order chi connectivity index (χ0) is 15.6. The highest BCUT2D eigenvalue weighted by atomic mass is 16.6. The topological polar surface area (TPSA) is 70.4 Å². The fraction of sp³-hybridized carbons (Fsp3) is 0.400. The summed E-state index contributed by atoms with van der Waals surface area (Å²) < 4.78 is 11.8. The van der Waals surface area contributed by atoms with Crippen LogP contribution in [-0.4, -0.2) is 34.4 Å². The van der Waals surface area contributed by atoms with E-state index in [4.69, 9.17) is 9.47 Å². The molecule has 21 heavy (non-hydrogen) atoms. The predicted molar refractivity (Wildman–Crippen MR) is 77.9 cm³/mol. The molecular weight excluding hydrogens is 272 g/mol. The number of ether oxygens (including phenoxy) is 2. The van der Waals surface area contributed by atoms with Crippen LogP contribution < -0.4 is 4.74 Å². The first-order valence-electron chi connectivity index (χ1n) is 6.70. The Balaban J connectivity index is 2.50. The van der Waals surface area contributed by atoms with Gasteiger partial charge in [0.15, 0.2) is 6.29 Å². The van der Waals surface area contributed by atoms with E-state index in [-0.39, 0.29) is 5.69 Å². The van der Waals surface area contributed by atoms with Gasteiger partial charge in [-0.2, -0.15) is 9.78 Å². The van der Waals surface area contributed by atoms with Crippen LogP contribution in [0.1, 0.15) is 38.2 Å². The quantitative estimate of drug-likeness (QED) is 0.812. The molecule has 0 unspecified atom stereocenters. The van der Waals surface area contributed by atoms with E-state index >= 15 is 0 Å². The van der Waals surface area contributed by atoms with Gasteiger partial charge in [-0.3, -0.25) is 4.79 Å². The van der Waals surface area contributed by atoms with Gasteiger partial charge >= 0.3 is 6.09 Å². The molecule has 0 atom stereocenters. The minimum atomic E-state index is -0.637. The lowest BCUT2D eigenvalue weighted by molar-refractivity contribution is 0.0522. The highest BCUT2D eigenvalue weighted by Gasteiger charge is 2.22. The van der Waals surface area contributed by atoms with E-state index in [9.17, 15) is 9.59 Å². The molecule has 2 rings (SSSR count). The monoisotopic (exact) mass is 290 g/mol. The third-order valence-corrected chi connectivity index (χ3v) is 2.67. The van der Waals surface area contributed by atoms with Crippen molar-refractivity contribution >= 4 is 23.3 Å². The van der Waals surface area contributed by atoms with Crippen LogP contribution in [0, 0.1) is 0 Å². The average molecular weight is 290 g/mol. The van der Waals surface area contributed by atoms with E-state index in [0.717, 1.165) is 4.68 Å². The minimum Gasteiger partial charge on any atom is -0.494 e. The molecule has 1 aromatic heterocycles. The number of hydrogen-bond acceptors (Lipinski definition) is 5. The number of aldehydes is 1. The molecule has 0 aliphatic heterocycles. The highest BCUT2D eigenvalue weighted by molar-refractivity contribution is 5.99. The lowest BCUT2D eigenvalue weighted by Gasteiger charge is -2.19. The molecule has 0 N–H and O–H groups in total. The summed E-state index contributed by atoms with van der Waals surface area (Å²) in [4.78, 5) is 23.3. The normalized spacial score (nSPS) is 11.4. The maximum Gasteiger partial charge on any atom is 0.435 e. The van der Waals surface area contributed by atoms with E-state index in [1.807, 2.05) is 6.92 Å². The Morgan fingerprint density at radius 2 is 2.10 bits per heavy atom. The maximum absolute atomic E-state index is 12.1. The van der Waals surface area contributed by atoms with Crippen molar-refractivity contribution in [2.45, 2.75) is 33.3 Å². The highest BCUT2D eigenvalue weighted by Crippen LogP contribution is 2.24. The summed E-state index contributed by atoms with van der Waals surface area (Å²) in [7, 11) is 0. The zero-order valence-corrected chi connectivity index (χ0v) is 12.5. The molecule has 1 heterocycles. The predicted octanol–water partition coefficient (Wildman–Crippen LogP) is 3.03. The smallest absolute Gasteiger partial charge is 0.435 e. The second kappa shape index (κ2) is 5.55. The van der Waals surface area contributed by atoms with Crippen molar-refractivity contribution in [2.24, 2.45) is 0 Å². The summed E-state index contributed by atoms with van der Waals surface area (Å²) in [6.07, 6.45) is -0.0105. The van der Waals surface area contributed by atoms with E-state index < -0.39 is 11.7 Å². The lowest BCUT2D eigenvalue weighted by atomic mass is 10.2. The molecule has 0 saturated heterocycles. The van der Waals surface area contributed by atoms with E-state index in [1.165, 1.54) is 0 Å². The standard InChI is InChI=1S/C15H18N2O4/c1-5-20-10-6-7-13-11(8-10)12(9-18)16-17(13)14(19)21-15(2,3)4/h6-9H,5H2,1-4H3. The molecule has 0 amide bonds. The molecule has 6 heteroatoms. The fourth-order valence-corrected chi connectivity index (χ4v) is 1.91. The van der Waals surface area contributed by atoms with Crippen molar-refractivity contribution in [3.63, 3.8) is 0 Å². The summed E-state index contributed by atoms with van der Waals surface area (Å²) in [5.74, 6) is 0.622. The summed E-state index contributed by atoms with van der Waals surface area (Å²) in [5.41, 5.74) is 0.0503. The molecule has 0 aliphatic rings. The van der Waals surface area contributed by atoms with E-state index in [0.29, 0.717) is 29.5 Å². The van der Waals surface area contributed by atoms with E-state index in [1.54, 1.807) is 39.0 Å². The number of nitrogens with zero attached hydrogens (tertiary/aromatic N) is 2. The van der Waals surface area contributed by atoms with Gasteiger partial charge in [-0.25, -0.2) is 4.79 Å². The number of fused-ring (bicyclic) bond motifs is 1. The number of carbonyl (C=O) groups excluding carboxylic acids is 2. The van der Waals surface area contributed by atoms with Crippen LogP contribution >= 0.6 is 0 Å². The third-order valence-electron chi connectivity index (χ3n) is 2.67. The molecule has 6 nitrogen and oxygen atoms in total. The molecule has 112 valence electrons. The Labute approximate surface area is 122 Å². The van der Waals surface area contributed by atoms with Gasteiger partial charge in [0.05, 0.1) is 12.1 Å². The number of rotatable bonds is 3.